The van der Waals surface area contributed by atoms with Gasteiger partial charge in [-0.05, 0) is 49.9 Å². The van der Waals surface area contributed by atoms with E-state index in [4.69, 9.17) is 0 Å². The molecule has 2 rings (SSSR count). The molecule has 20 heavy (non-hydrogen) atoms. The van der Waals surface area contributed by atoms with Crippen molar-refractivity contribution in [2.45, 2.75) is 30.6 Å². The molecule has 1 aromatic rings. The van der Waals surface area contributed by atoms with E-state index in [2.05, 4.69) is 11.4 Å². The largest absolute Gasteiger partial charge is 0.385 e. The number of allylic oxidation sites excluding steroid dienone is 1. The molecule has 1 aliphatic rings. The second-order valence-corrected chi connectivity index (χ2v) is 7.40. The maximum absolute atomic E-state index is 11.9. The normalized spacial score (nSPS) is 15.4. The maximum Gasteiger partial charge on any atom is 0.242 e. The Labute approximate surface area is 121 Å². The van der Waals surface area contributed by atoms with Crippen LogP contribution < -0.4 is 5.32 Å². The third kappa shape index (κ3) is 3.61. The van der Waals surface area contributed by atoms with Crippen LogP contribution in [0.15, 0.2) is 40.8 Å². The summed E-state index contributed by atoms with van der Waals surface area (Å²) >= 11 is 0. The molecule has 0 aromatic heterocycles. The summed E-state index contributed by atoms with van der Waals surface area (Å²) in [6.45, 7) is 0.894. The van der Waals surface area contributed by atoms with Crippen molar-refractivity contribution in [1.82, 2.24) is 4.31 Å². The van der Waals surface area contributed by atoms with E-state index in [9.17, 15) is 8.42 Å². The van der Waals surface area contributed by atoms with Gasteiger partial charge in [-0.15, -0.1) is 0 Å². The first-order valence-corrected chi connectivity index (χ1v) is 8.38. The number of benzene rings is 1. The molecular formula is C15H22N2O2S. The van der Waals surface area contributed by atoms with Gasteiger partial charge in [0.2, 0.25) is 10.0 Å². The Balaban J connectivity index is 1.91. The highest BCUT2D eigenvalue weighted by atomic mass is 32.2. The van der Waals surface area contributed by atoms with E-state index in [1.807, 2.05) is 12.1 Å². The summed E-state index contributed by atoms with van der Waals surface area (Å²) in [5.74, 6) is 0. The summed E-state index contributed by atoms with van der Waals surface area (Å²) in [5.41, 5.74) is 2.49. The zero-order chi connectivity index (χ0) is 14.6. The molecule has 0 bridgehead atoms. The quantitative estimate of drug-likeness (QED) is 0.821. The first-order chi connectivity index (χ1) is 9.50. The van der Waals surface area contributed by atoms with E-state index >= 15 is 0 Å². The van der Waals surface area contributed by atoms with Crippen LogP contribution in [0.5, 0.6) is 0 Å². The highest BCUT2D eigenvalue weighted by Crippen LogP contribution is 2.21. The van der Waals surface area contributed by atoms with E-state index in [0.717, 1.165) is 18.7 Å². The summed E-state index contributed by atoms with van der Waals surface area (Å²) in [5, 5.41) is 3.33. The smallest absolute Gasteiger partial charge is 0.242 e. The van der Waals surface area contributed by atoms with Crippen molar-refractivity contribution in [3.8, 4) is 0 Å². The monoisotopic (exact) mass is 294 g/mol. The minimum absolute atomic E-state index is 0.326. The van der Waals surface area contributed by atoms with Crippen molar-refractivity contribution in [3.63, 3.8) is 0 Å². The molecule has 4 nitrogen and oxygen atoms in total. The van der Waals surface area contributed by atoms with Gasteiger partial charge >= 0.3 is 0 Å². The van der Waals surface area contributed by atoms with E-state index in [0.29, 0.717) is 4.90 Å². The van der Waals surface area contributed by atoms with Crippen LogP contribution in [0.2, 0.25) is 0 Å². The lowest BCUT2D eigenvalue weighted by atomic mass is 10.1. The zero-order valence-electron chi connectivity index (χ0n) is 12.1. The van der Waals surface area contributed by atoms with Crippen LogP contribution in [0.3, 0.4) is 0 Å². The van der Waals surface area contributed by atoms with E-state index < -0.39 is 10.0 Å². The number of nitrogens with zero attached hydrogens (tertiary/aromatic N) is 1. The van der Waals surface area contributed by atoms with Crippen molar-refractivity contribution in [1.29, 1.82) is 0 Å². The molecule has 0 saturated carbocycles. The molecule has 0 saturated heterocycles. The fourth-order valence-electron chi connectivity index (χ4n) is 2.29. The van der Waals surface area contributed by atoms with Crippen molar-refractivity contribution < 1.29 is 8.42 Å². The number of rotatable bonds is 6. The Bertz CT molecular complexity index is 574. The number of hydrogen-bond donors (Lipinski definition) is 1. The molecule has 0 heterocycles. The van der Waals surface area contributed by atoms with Crippen molar-refractivity contribution >= 4 is 15.7 Å². The molecule has 0 amide bonds. The van der Waals surface area contributed by atoms with E-state index in [-0.39, 0.29) is 0 Å². The Kier molecular flexibility index (Phi) is 4.83. The van der Waals surface area contributed by atoms with Gasteiger partial charge in [0.15, 0.2) is 0 Å². The molecule has 5 heteroatoms. The second kappa shape index (κ2) is 6.41. The van der Waals surface area contributed by atoms with Crippen LogP contribution in [0.25, 0.3) is 0 Å². The third-order valence-electron chi connectivity index (χ3n) is 3.54. The van der Waals surface area contributed by atoms with Crippen LogP contribution in [0.1, 0.15) is 25.7 Å². The molecule has 0 unspecified atom stereocenters. The van der Waals surface area contributed by atoms with Gasteiger partial charge in [-0.3, -0.25) is 0 Å². The van der Waals surface area contributed by atoms with Gasteiger partial charge in [0.1, 0.15) is 0 Å². The molecule has 0 radical (unpaired) electrons. The van der Waals surface area contributed by atoms with Gasteiger partial charge in [0, 0.05) is 26.3 Å². The lowest BCUT2D eigenvalue weighted by Gasteiger charge is -2.12. The molecule has 0 fully saturated rings. The molecule has 1 aromatic carbocycles. The minimum atomic E-state index is -3.33. The average molecular weight is 294 g/mol. The highest BCUT2D eigenvalue weighted by molar-refractivity contribution is 7.89. The summed E-state index contributed by atoms with van der Waals surface area (Å²) in [7, 11) is -0.254. The van der Waals surface area contributed by atoms with Crippen molar-refractivity contribution in [2.24, 2.45) is 0 Å². The highest BCUT2D eigenvalue weighted by Gasteiger charge is 2.16. The predicted octanol–water partition coefficient (Wildman–Crippen LogP) is 2.85. The summed E-state index contributed by atoms with van der Waals surface area (Å²) in [4.78, 5) is 0.326. The van der Waals surface area contributed by atoms with Crippen LogP contribution in [-0.4, -0.2) is 33.4 Å². The van der Waals surface area contributed by atoms with Gasteiger partial charge < -0.3 is 5.32 Å². The van der Waals surface area contributed by atoms with E-state index in [1.165, 1.54) is 43.2 Å². The summed E-state index contributed by atoms with van der Waals surface area (Å²) < 4.78 is 25.1. The van der Waals surface area contributed by atoms with Gasteiger partial charge in [0.25, 0.3) is 0 Å². The van der Waals surface area contributed by atoms with Crippen LogP contribution >= 0.6 is 0 Å². The number of hydrogen-bond acceptors (Lipinski definition) is 3. The lowest BCUT2D eigenvalue weighted by molar-refractivity contribution is 0.521. The number of sulfonamides is 1. The van der Waals surface area contributed by atoms with Crippen LogP contribution in [0.4, 0.5) is 5.69 Å². The summed E-state index contributed by atoms with van der Waals surface area (Å²) in [6, 6.07) is 6.93. The third-order valence-corrected chi connectivity index (χ3v) is 5.37. The fraction of sp³-hybridized carbons (Fsp3) is 0.467. The molecule has 0 spiro atoms. The molecule has 0 aliphatic heterocycles. The predicted molar refractivity (Wildman–Crippen MR) is 82.4 cm³/mol. The second-order valence-electron chi connectivity index (χ2n) is 5.24. The Morgan fingerprint density at radius 3 is 2.45 bits per heavy atom. The number of nitrogens with one attached hydrogen (secondary N) is 1. The Morgan fingerprint density at radius 1 is 1.20 bits per heavy atom. The Morgan fingerprint density at radius 2 is 1.90 bits per heavy atom. The molecular weight excluding hydrogens is 272 g/mol. The first kappa shape index (κ1) is 15.1. The SMILES string of the molecule is CN(C)S(=O)(=O)c1ccc(NCCC2=CCCC2)cc1. The zero-order valence-corrected chi connectivity index (χ0v) is 12.9. The van der Waals surface area contributed by atoms with Gasteiger partial charge in [0.05, 0.1) is 4.90 Å². The first-order valence-electron chi connectivity index (χ1n) is 6.94. The maximum atomic E-state index is 11.9. The molecule has 0 atom stereocenters. The Hall–Kier alpha value is -1.33. The van der Waals surface area contributed by atoms with Gasteiger partial charge in [-0.25, -0.2) is 12.7 Å². The summed E-state index contributed by atoms with van der Waals surface area (Å²) in [6.07, 6.45) is 7.12. The van der Waals surface area contributed by atoms with Crippen LogP contribution in [0, 0.1) is 0 Å². The molecule has 1 N–H and O–H groups in total. The molecule has 1 aliphatic carbocycles. The number of anilines is 1. The standard InChI is InChI=1S/C15H22N2O2S/c1-17(2)20(18,19)15-9-7-14(8-10-15)16-12-11-13-5-3-4-6-13/h5,7-10,16H,3-4,6,11-12H2,1-2H3. The van der Waals surface area contributed by atoms with Gasteiger partial charge in [-0.1, -0.05) is 11.6 Å². The molecule has 110 valence electrons. The van der Waals surface area contributed by atoms with Crippen molar-refractivity contribution in [3.05, 3.63) is 35.9 Å². The van der Waals surface area contributed by atoms with Gasteiger partial charge in [-0.2, -0.15) is 0 Å². The topological polar surface area (TPSA) is 49.4 Å². The lowest BCUT2D eigenvalue weighted by Crippen LogP contribution is -2.22. The van der Waals surface area contributed by atoms with Crippen LogP contribution in [-0.2, 0) is 10.0 Å². The minimum Gasteiger partial charge on any atom is -0.385 e. The van der Waals surface area contributed by atoms with E-state index in [1.54, 1.807) is 12.1 Å². The fourth-order valence-corrected chi connectivity index (χ4v) is 3.19. The average Bonchev–Trinajstić information content (AvgIpc) is 2.92. The van der Waals surface area contributed by atoms with Crippen molar-refractivity contribution in [2.75, 3.05) is 26.0 Å².